The van der Waals surface area contributed by atoms with Crippen LogP contribution in [-0.2, 0) is 4.79 Å². The van der Waals surface area contributed by atoms with Crippen molar-refractivity contribution < 1.29 is 9.53 Å². The van der Waals surface area contributed by atoms with E-state index in [2.05, 4.69) is 5.32 Å². The lowest BCUT2D eigenvalue weighted by molar-refractivity contribution is -0.122. The molecule has 3 nitrogen and oxygen atoms in total. The molecule has 2 rings (SSSR count). The van der Waals surface area contributed by atoms with Crippen LogP contribution in [0.4, 0.5) is 5.69 Å². The molecule has 6 heteroatoms. The summed E-state index contributed by atoms with van der Waals surface area (Å²) in [6.07, 6.45) is 1.34. The van der Waals surface area contributed by atoms with Crippen LogP contribution in [0.15, 0.2) is 47.4 Å². The highest BCUT2D eigenvalue weighted by atomic mass is 35.5. The molecular formula is C16H15Cl2NO2S. The van der Waals surface area contributed by atoms with Gasteiger partial charge in [0, 0.05) is 9.92 Å². The van der Waals surface area contributed by atoms with E-state index in [0.717, 1.165) is 4.90 Å². The molecular weight excluding hydrogens is 341 g/mol. The zero-order valence-corrected chi connectivity index (χ0v) is 14.4. The molecule has 1 N–H and O–H groups in total. The third-order valence-electron chi connectivity index (χ3n) is 2.93. The van der Waals surface area contributed by atoms with E-state index >= 15 is 0 Å². The molecule has 0 aliphatic carbocycles. The molecule has 22 heavy (non-hydrogen) atoms. The van der Waals surface area contributed by atoms with Crippen molar-refractivity contribution >= 4 is 46.6 Å². The van der Waals surface area contributed by atoms with Crippen molar-refractivity contribution in [2.24, 2.45) is 0 Å². The molecule has 0 aromatic heterocycles. The Morgan fingerprint density at radius 2 is 1.86 bits per heavy atom. The average molecular weight is 356 g/mol. The number of carbonyl (C=O) groups excluding carboxylic acids is 1. The van der Waals surface area contributed by atoms with Gasteiger partial charge in [0.1, 0.15) is 5.75 Å². The second kappa shape index (κ2) is 7.77. The highest BCUT2D eigenvalue weighted by molar-refractivity contribution is 7.98. The summed E-state index contributed by atoms with van der Waals surface area (Å²) in [5.41, 5.74) is 0.465. The molecule has 0 saturated carbocycles. The van der Waals surface area contributed by atoms with Crippen molar-refractivity contribution in [3.63, 3.8) is 0 Å². The maximum atomic E-state index is 12.2. The fraction of sp³-hybridized carbons (Fsp3) is 0.188. The molecule has 0 bridgehead atoms. The van der Waals surface area contributed by atoms with Gasteiger partial charge in [-0.3, -0.25) is 4.79 Å². The summed E-state index contributed by atoms with van der Waals surface area (Å²) in [7, 11) is 0. The first-order chi connectivity index (χ1) is 10.5. The van der Waals surface area contributed by atoms with E-state index < -0.39 is 6.10 Å². The Bertz CT molecular complexity index is 662. The van der Waals surface area contributed by atoms with E-state index in [4.69, 9.17) is 27.9 Å². The van der Waals surface area contributed by atoms with Gasteiger partial charge in [-0.25, -0.2) is 0 Å². The van der Waals surface area contributed by atoms with Gasteiger partial charge in [-0.05, 0) is 55.6 Å². The summed E-state index contributed by atoms with van der Waals surface area (Å²) < 4.78 is 5.62. The summed E-state index contributed by atoms with van der Waals surface area (Å²) >= 11 is 13.6. The minimum Gasteiger partial charge on any atom is -0.481 e. The first-order valence-corrected chi connectivity index (χ1v) is 8.54. The van der Waals surface area contributed by atoms with Gasteiger partial charge in [-0.2, -0.15) is 0 Å². The fourth-order valence-corrected chi connectivity index (χ4v) is 2.48. The van der Waals surface area contributed by atoms with E-state index in [9.17, 15) is 4.79 Å². The molecule has 116 valence electrons. The molecule has 0 unspecified atom stereocenters. The third kappa shape index (κ3) is 4.57. The first-order valence-electron chi connectivity index (χ1n) is 6.56. The third-order valence-corrected chi connectivity index (χ3v) is 4.24. The van der Waals surface area contributed by atoms with Crippen LogP contribution < -0.4 is 10.1 Å². The van der Waals surface area contributed by atoms with Gasteiger partial charge in [0.15, 0.2) is 6.10 Å². The predicted molar refractivity (Wildman–Crippen MR) is 93.4 cm³/mol. The number of amides is 1. The van der Waals surface area contributed by atoms with Crippen LogP contribution in [0.2, 0.25) is 10.0 Å². The Balaban J connectivity index is 2.00. The van der Waals surface area contributed by atoms with Gasteiger partial charge in [-0.1, -0.05) is 23.2 Å². The summed E-state index contributed by atoms with van der Waals surface area (Å²) in [6, 6.07) is 12.4. The second-order valence-corrected chi connectivity index (χ2v) is 6.27. The van der Waals surface area contributed by atoms with Crippen molar-refractivity contribution in [3.8, 4) is 5.75 Å². The maximum Gasteiger partial charge on any atom is 0.265 e. The molecule has 0 saturated heterocycles. The Labute approximate surface area is 144 Å². The van der Waals surface area contributed by atoms with E-state index in [1.54, 1.807) is 36.9 Å². The van der Waals surface area contributed by atoms with E-state index in [-0.39, 0.29) is 5.91 Å². The Morgan fingerprint density at radius 3 is 2.50 bits per heavy atom. The quantitative estimate of drug-likeness (QED) is 0.756. The lowest BCUT2D eigenvalue weighted by Crippen LogP contribution is -2.30. The van der Waals surface area contributed by atoms with E-state index in [1.165, 1.54) is 0 Å². The smallest absolute Gasteiger partial charge is 0.265 e. The molecule has 0 aliphatic rings. The summed E-state index contributed by atoms with van der Waals surface area (Å²) in [5, 5.41) is 3.64. The lowest BCUT2D eigenvalue weighted by atomic mass is 10.3. The topological polar surface area (TPSA) is 38.3 Å². The Morgan fingerprint density at radius 1 is 1.18 bits per heavy atom. The molecule has 0 fully saturated rings. The number of anilines is 1. The molecule has 0 aliphatic heterocycles. The minimum absolute atomic E-state index is 0.293. The largest absolute Gasteiger partial charge is 0.481 e. The average Bonchev–Trinajstić information content (AvgIpc) is 2.51. The number of carbonyl (C=O) groups is 1. The maximum absolute atomic E-state index is 12.2. The number of nitrogens with one attached hydrogen (secondary N) is 1. The molecule has 2 aromatic rings. The highest BCUT2D eigenvalue weighted by Crippen LogP contribution is 2.26. The second-order valence-electron chi connectivity index (χ2n) is 4.55. The van der Waals surface area contributed by atoms with Crippen LogP contribution in [0.1, 0.15) is 6.92 Å². The summed E-state index contributed by atoms with van der Waals surface area (Å²) in [4.78, 5) is 13.3. The van der Waals surface area contributed by atoms with Crippen molar-refractivity contribution in [2.75, 3.05) is 11.6 Å². The molecule has 0 radical (unpaired) electrons. The number of benzene rings is 2. The zero-order valence-electron chi connectivity index (χ0n) is 12.1. The van der Waals surface area contributed by atoms with Crippen LogP contribution >= 0.6 is 35.0 Å². The number of hydrogen-bond donors (Lipinski definition) is 1. The Kier molecular flexibility index (Phi) is 6.00. The SMILES string of the molecule is CSc1ccc(O[C@H](C)C(=O)Nc2cc(Cl)ccc2Cl)cc1. The van der Waals surface area contributed by atoms with Crippen LogP contribution in [0.25, 0.3) is 0 Å². The first kappa shape index (κ1) is 17.0. The van der Waals surface area contributed by atoms with Crippen LogP contribution in [0.3, 0.4) is 0 Å². The number of ether oxygens (including phenoxy) is 1. The van der Waals surface area contributed by atoms with Crippen molar-refractivity contribution in [3.05, 3.63) is 52.5 Å². The Hall–Kier alpha value is -1.36. The summed E-state index contributed by atoms with van der Waals surface area (Å²) in [6.45, 7) is 1.68. The molecule has 0 heterocycles. The standard InChI is InChI=1S/C16H15Cl2NO2S/c1-10(21-12-4-6-13(22-2)7-5-12)16(20)19-15-9-11(17)3-8-14(15)18/h3-10H,1-2H3,(H,19,20)/t10-/m1/s1. The number of halogens is 2. The van der Waals surface area contributed by atoms with Gasteiger partial charge >= 0.3 is 0 Å². The van der Waals surface area contributed by atoms with Crippen molar-refractivity contribution in [2.45, 2.75) is 17.9 Å². The van der Waals surface area contributed by atoms with Gasteiger partial charge in [0.05, 0.1) is 10.7 Å². The lowest BCUT2D eigenvalue weighted by Gasteiger charge is -2.15. The van der Waals surface area contributed by atoms with Gasteiger partial charge in [-0.15, -0.1) is 11.8 Å². The van der Waals surface area contributed by atoms with Gasteiger partial charge < -0.3 is 10.1 Å². The number of hydrogen-bond acceptors (Lipinski definition) is 3. The van der Waals surface area contributed by atoms with Crippen LogP contribution in [-0.4, -0.2) is 18.3 Å². The monoisotopic (exact) mass is 355 g/mol. The number of thioether (sulfide) groups is 1. The highest BCUT2D eigenvalue weighted by Gasteiger charge is 2.16. The number of rotatable bonds is 5. The minimum atomic E-state index is -0.657. The van der Waals surface area contributed by atoms with Gasteiger partial charge in [0.25, 0.3) is 5.91 Å². The zero-order chi connectivity index (χ0) is 16.1. The fourth-order valence-electron chi connectivity index (χ4n) is 1.74. The molecule has 1 amide bonds. The van der Waals surface area contributed by atoms with E-state index in [1.807, 2.05) is 30.5 Å². The predicted octanol–water partition coefficient (Wildman–Crippen LogP) is 5.12. The molecule has 0 spiro atoms. The normalized spacial score (nSPS) is 11.8. The van der Waals surface area contributed by atoms with Gasteiger partial charge in [0.2, 0.25) is 0 Å². The van der Waals surface area contributed by atoms with Crippen LogP contribution in [0.5, 0.6) is 5.75 Å². The van der Waals surface area contributed by atoms with Crippen molar-refractivity contribution in [1.29, 1.82) is 0 Å². The molecule has 2 aromatic carbocycles. The van der Waals surface area contributed by atoms with E-state index in [0.29, 0.717) is 21.5 Å². The molecule has 1 atom stereocenters. The van der Waals surface area contributed by atoms with Crippen LogP contribution in [0, 0.1) is 0 Å². The summed E-state index contributed by atoms with van der Waals surface area (Å²) in [5.74, 6) is 0.343. The van der Waals surface area contributed by atoms with Crippen molar-refractivity contribution in [1.82, 2.24) is 0 Å².